The smallest absolute Gasteiger partial charge is 0.322 e. The van der Waals surface area contributed by atoms with Gasteiger partial charge in [0, 0.05) is 19.1 Å². The summed E-state index contributed by atoms with van der Waals surface area (Å²) in [5.74, 6) is 0.440. The van der Waals surface area contributed by atoms with Crippen molar-refractivity contribution in [1.29, 1.82) is 0 Å². The van der Waals surface area contributed by atoms with Gasteiger partial charge in [-0.15, -0.1) is 0 Å². The van der Waals surface area contributed by atoms with Gasteiger partial charge in [0.25, 0.3) is 0 Å². The fourth-order valence-electron chi connectivity index (χ4n) is 1.21. The third-order valence-electron chi connectivity index (χ3n) is 2.49. The summed E-state index contributed by atoms with van der Waals surface area (Å²) in [4.78, 5) is 14.2. The normalized spacial score (nSPS) is 11.1. The van der Waals surface area contributed by atoms with Gasteiger partial charge < -0.3 is 15.0 Å². The van der Waals surface area contributed by atoms with Crippen LogP contribution in [0.4, 0.5) is 5.95 Å². The van der Waals surface area contributed by atoms with E-state index in [1.165, 1.54) is 0 Å². The first-order valence-corrected chi connectivity index (χ1v) is 6.39. The molecule has 7 heteroatoms. The van der Waals surface area contributed by atoms with Gasteiger partial charge in [0.15, 0.2) is 0 Å². The lowest BCUT2D eigenvalue weighted by Crippen LogP contribution is -2.31. The van der Waals surface area contributed by atoms with Crippen molar-refractivity contribution >= 4 is 17.5 Å². The van der Waals surface area contributed by atoms with Crippen LogP contribution in [0, 0.1) is 0 Å². The second kappa shape index (κ2) is 7.33. The van der Waals surface area contributed by atoms with Gasteiger partial charge in [-0.25, -0.2) is 0 Å². The number of nitrogens with zero attached hydrogens (tertiary/aromatic N) is 4. The number of anilines is 1. The SMILES string of the molecule is CCOc1nc(Cl)nc(NCCN(C)C(C)C)n1. The Kier molecular flexibility index (Phi) is 6.07. The molecule has 0 amide bonds. The maximum Gasteiger partial charge on any atom is 0.322 e. The molecule has 18 heavy (non-hydrogen) atoms. The van der Waals surface area contributed by atoms with Crippen molar-refractivity contribution in [3.8, 4) is 6.01 Å². The number of nitrogens with one attached hydrogen (secondary N) is 1. The largest absolute Gasteiger partial charge is 0.464 e. The maximum absolute atomic E-state index is 5.79. The van der Waals surface area contributed by atoms with E-state index >= 15 is 0 Å². The summed E-state index contributed by atoms with van der Waals surface area (Å²) in [7, 11) is 2.07. The van der Waals surface area contributed by atoms with Crippen LogP contribution in [-0.2, 0) is 0 Å². The average Bonchev–Trinajstić information content (AvgIpc) is 2.28. The Labute approximate surface area is 113 Å². The molecule has 0 fully saturated rings. The van der Waals surface area contributed by atoms with Gasteiger partial charge in [-0.05, 0) is 39.4 Å². The highest BCUT2D eigenvalue weighted by Crippen LogP contribution is 2.10. The summed E-state index contributed by atoms with van der Waals surface area (Å²) in [5, 5.41) is 3.23. The van der Waals surface area contributed by atoms with Gasteiger partial charge in [0.1, 0.15) is 0 Å². The van der Waals surface area contributed by atoms with E-state index in [-0.39, 0.29) is 11.3 Å². The molecule has 6 nitrogen and oxygen atoms in total. The molecule has 1 N–H and O–H groups in total. The van der Waals surface area contributed by atoms with E-state index in [2.05, 4.69) is 46.1 Å². The second-order valence-electron chi connectivity index (χ2n) is 4.14. The fraction of sp³-hybridized carbons (Fsp3) is 0.727. The zero-order chi connectivity index (χ0) is 13.5. The molecular weight excluding hydrogens is 254 g/mol. The molecule has 0 spiro atoms. The number of ether oxygens (including phenoxy) is 1. The molecule has 1 rings (SSSR count). The van der Waals surface area contributed by atoms with E-state index in [9.17, 15) is 0 Å². The van der Waals surface area contributed by atoms with Gasteiger partial charge in [-0.2, -0.15) is 15.0 Å². The highest BCUT2D eigenvalue weighted by molar-refractivity contribution is 6.28. The first-order chi connectivity index (χ1) is 8.52. The van der Waals surface area contributed by atoms with Crippen molar-refractivity contribution in [2.24, 2.45) is 0 Å². The van der Waals surface area contributed by atoms with Crippen LogP contribution in [-0.4, -0.2) is 52.6 Å². The van der Waals surface area contributed by atoms with Gasteiger partial charge in [-0.1, -0.05) is 0 Å². The molecule has 0 saturated carbocycles. The quantitative estimate of drug-likeness (QED) is 0.815. The van der Waals surface area contributed by atoms with Crippen LogP contribution in [0.25, 0.3) is 0 Å². The van der Waals surface area contributed by atoms with E-state index < -0.39 is 0 Å². The molecule has 1 heterocycles. The molecule has 0 unspecified atom stereocenters. The minimum Gasteiger partial charge on any atom is -0.464 e. The summed E-state index contributed by atoms with van der Waals surface area (Å²) in [5.41, 5.74) is 0. The monoisotopic (exact) mass is 273 g/mol. The Morgan fingerprint density at radius 1 is 1.33 bits per heavy atom. The van der Waals surface area contributed by atoms with Crippen LogP contribution in [0.3, 0.4) is 0 Å². The minimum absolute atomic E-state index is 0.133. The van der Waals surface area contributed by atoms with Crippen molar-refractivity contribution in [2.45, 2.75) is 26.8 Å². The number of aromatic nitrogens is 3. The van der Waals surface area contributed by atoms with E-state index in [0.717, 1.165) is 13.1 Å². The van der Waals surface area contributed by atoms with Crippen LogP contribution in [0.5, 0.6) is 6.01 Å². The average molecular weight is 274 g/mol. The Morgan fingerprint density at radius 3 is 2.67 bits per heavy atom. The lowest BCUT2D eigenvalue weighted by Gasteiger charge is -2.20. The lowest BCUT2D eigenvalue weighted by molar-refractivity contribution is 0.284. The van der Waals surface area contributed by atoms with E-state index in [1.54, 1.807) is 0 Å². The molecule has 0 radical (unpaired) electrons. The second-order valence-corrected chi connectivity index (χ2v) is 4.48. The van der Waals surface area contributed by atoms with E-state index in [1.807, 2.05) is 6.92 Å². The molecule has 1 aromatic rings. The summed E-state index contributed by atoms with van der Waals surface area (Å²) >= 11 is 5.79. The van der Waals surface area contributed by atoms with Gasteiger partial charge >= 0.3 is 6.01 Å². The van der Waals surface area contributed by atoms with Crippen molar-refractivity contribution in [1.82, 2.24) is 19.9 Å². The maximum atomic E-state index is 5.79. The van der Waals surface area contributed by atoms with Crippen LogP contribution in [0.2, 0.25) is 5.28 Å². The standard InChI is InChI=1S/C11H20ClN5O/c1-5-18-11-15-9(12)14-10(16-11)13-6-7-17(4)8(2)3/h8H,5-7H2,1-4H3,(H,13,14,15,16). The Bertz CT molecular complexity index is 374. The summed E-state index contributed by atoms with van der Waals surface area (Å²) in [6, 6.07) is 0.755. The number of rotatable bonds is 7. The molecule has 0 aliphatic carbocycles. The van der Waals surface area contributed by atoms with Crippen LogP contribution in [0.1, 0.15) is 20.8 Å². The zero-order valence-corrected chi connectivity index (χ0v) is 12.0. The van der Waals surface area contributed by atoms with E-state index in [4.69, 9.17) is 16.3 Å². The predicted octanol–water partition coefficient (Wildman–Crippen LogP) is 1.68. The Balaban J connectivity index is 2.51. The number of likely N-dealkylation sites (N-methyl/N-ethyl adjacent to an activating group) is 1. The number of halogens is 1. The van der Waals surface area contributed by atoms with Gasteiger partial charge in [-0.3, -0.25) is 0 Å². The van der Waals surface area contributed by atoms with Crippen molar-refractivity contribution in [3.05, 3.63) is 5.28 Å². The number of hydrogen-bond donors (Lipinski definition) is 1. The molecule has 0 aliphatic rings. The summed E-state index contributed by atoms with van der Waals surface area (Å²) in [6.45, 7) is 8.28. The molecule has 0 aromatic carbocycles. The topological polar surface area (TPSA) is 63.2 Å². The highest BCUT2D eigenvalue weighted by Gasteiger charge is 2.06. The summed E-state index contributed by atoms with van der Waals surface area (Å²) < 4.78 is 5.20. The molecule has 0 aliphatic heterocycles. The fourth-order valence-corrected chi connectivity index (χ4v) is 1.36. The third-order valence-corrected chi connectivity index (χ3v) is 2.66. The van der Waals surface area contributed by atoms with Gasteiger partial charge in [0.05, 0.1) is 6.61 Å². The minimum atomic E-state index is 0.133. The lowest BCUT2D eigenvalue weighted by atomic mass is 10.3. The van der Waals surface area contributed by atoms with Crippen molar-refractivity contribution in [2.75, 3.05) is 32.1 Å². The predicted molar refractivity (Wildman–Crippen MR) is 72.3 cm³/mol. The Hall–Kier alpha value is -1.14. The molecule has 102 valence electrons. The Morgan fingerprint density at radius 2 is 2.06 bits per heavy atom. The number of hydrogen-bond acceptors (Lipinski definition) is 6. The van der Waals surface area contributed by atoms with Gasteiger partial charge in [0.2, 0.25) is 11.2 Å². The molecule has 0 saturated heterocycles. The van der Waals surface area contributed by atoms with Crippen molar-refractivity contribution < 1.29 is 4.74 Å². The molecule has 0 atom stereocenters. The van der Waals surface area contributed by atoms with Crippen LogP contribution < -0.4 is 10.1 Å². The van der Waals surface area contributed by atoms with Crippen molar-refractivity contribution in [3.63, 3.8) is 0 Å². The van der Waals surface area contributed by atoms with E-state index in [0.29, 0.717) is 18.6 Å². The molecular formula is C11H20ClN5O. The third kappa shape index (κ3) is 5.01. The first kappa shape index (κ1) is 14.9. The molecule has 0 bridgehead atoms. The van der Waals surface area contributed by atoms with Crippen LogP contribution in [0.15, 0.2) is 0 Å². The highest BCUT2D eigenvalue weighted by atomic mass is 35.5. The zero-order valence-electron chi connectivity index (χ0n) is 11.3. The first-order valence-electron chi connectivity index (χ1n) is 6.01. The van der Waals surface area contributed by atoms with Crippen LogP contribution >= 0.6 is 11.6 Å². The molecule has 1 aromatic heterocycles. The summed E-state index contributed by atoms with van der Waals surface area (Å²) in [6.07, 6.45) is 0.